The molecule has 2 N–H and O–H groups in total. The number of hydrogen-bond acceptors (Lipinski definition) is 5. The molecule has 1 heterocycles. The van der Waals surface area contributed by atoms with Crippen LogP contribution in [0.3, 0.4) is 0 Å². The van der Waals surface area contributed by atoms with Gasteiger partial charge in [-0.15, -0.1) is 0 Å². The summed E-state index contributed by atoms with van der Waals surface area (Å²) in [5.74, 6) is 0.0489. The van der Waals surface area contributed by atoms with Crippen molar-refractivity contribution in [3.05, 3.63) is 28.2 Å². The first-order valence-corrected chi connectivity index (χ1v) is 6.51. The van der Waals surface area contributed by atoms with Crippen LogP contribution in [-0.4, -0.2) is 23.4 Å². The lowest BCUT2D eigenvalue weighted by atomic mass is 10.1. The van der Waals surface area contributed by atoms with E-state index in [0.717, 1.165) is 17.3 Å². The maximum absolute atomic E-state index is 11.5. The van der Waals surface area contributed by atoms with Crippen LogP contribution in [0.4, 0.5) is 4.79 Å². The molecule has 1 aliphatic heterocycles. The Morgan fingerprint density at radius 2 is 2.16 bits per heavy atom. The van der Waals surface area contributed by atoms with Crippen LogP contribution in [0.2, 0.25) is 0 Å². The van der Waals surface area contributed by atoms with Crippen LogP contribution < -0.4 is 10.1 Å². The Balaban J connectivity index is 2.43. The number of aryl methyl sites for hydroxylation is 1. The second kappa shape index (κ2) is 5.36. The zero-order valence-electron chi connectivity index (χ0n) is 10.5. The minimum atomic E-state index is -0.403. The van der Waals surface area contributed by atoms with E-state index in [-0.39, 0.29) is 11.0 Å². The largest absolute Gasteiger partial charge is 0.504 e. The summed E-state index contributed by atoms with van der Waals surface area (Å²) < 4.78 is 5.09. The van der Waals surface area contributed by atoms with Crippen LogP contribution >= 0.6 is 11.8 Å². The third kappa shape index (κ3) is 2.73. The Morgan fingerprint density at radius 1 is 1.42 bits per heavy atom. The maximum atomic E-state index is 11.5. The van der Waals surface area contributed by atoms with E-state index < -0.39 is 5.91 Å². The quantitative estimate of drug-likeness (QED) is 0.830. The molecule has 1 aromatic rings. The van der Waals surface area contributed by atoms with Crippen molar-refractivity contribution < 1.29 is 19.4 Å². The molecule has 1 saturated heterocycles. The van der Waals surface area contributed by atoms with Gasteiger partial charge in [0.05, 0.1) is 12.0 Å². The van der Waals surface area contributed by atoms with Crippen molar-refractivity contribution in [2.45, 2.75) is 13.3 Å². The Hall–Kier alpha value is -1.95. The zero-order valence-corrected chi connectivity index (χ0v) is 11.3. The monoisotopic (exact) mass is 279 g/mol. The molecule has 0 spiro atoms. The molecule has 5 nitrogen and oxygen atoms in total. The molecule has 6 heteroatoms. The topological polar surface area (TPSA) is 75.6 Å². The number of benzene rings is 1. The highest BCUT2D eigenvalue weighted by atomic mass is 32.2. The first-order valence-electron chi connectivity index (χ1n) is 5.70. The average Bonchev–Trinajstić information content (AvgIpc) is 2.69. The van der Waals surface area contributed by atoms with Crippen LogP contribution in [0.25, 0.3) is 6.08 Å². The van der Waals surface area contributed by atoms with Crippen molar-refractivity contribution in [3.63, 3.8) is 0 Å². The molecule has 19 heavy (non-hydrogen) atoms. The number of aromatic hydroxyl groups is 1. The molecule has 100 valence electrons. The van der Waals surface area contributed by atoms with Crippen LogP contribution in [0.5, 0.6) is 11.5 Å². The van der Waals surface area contributed by atoms with Crippen molar-refractivity contribution in [3.8, 4) is 11.5 Å². The lowest BCUT2D eigenvalue weighted by Gasteiger charge is -2.09. The van der Waals surface area contributed by atoms with Gasteiger partial charge in [0.25, 0.3) is 11.1 Å². The SMILES string of the molecule is CCc1cc(/C=C2\SC(=O)NC2=O)cc(OC)c1O. The Kier molecular flexibility index (Phi) is 3.80. The molecule has 1 aromatic carbocycles. The average molecular weight is 279 g/mol. The molecule has 0 radical (unpaired) electrons. The van der Waals surface area contributed by atoms with Gasteiger partial charge < -0.3 is 9.84 Å². The van der Waals surface area contributed by atoms with Gasteiger partial charge in [0.1, 0.15) is 0 Å². The molecule has 0 aromatic heterocycles. The van der Waals surface area contributed by atoms with E-state index in [1.54, 1.807) is 18.2 Å². The molecule has 1 aliphatic rings. The van der Waals surface area contributed by atoms with Gasteiger partial charge in [-0.2, -0.15) is 0 Å². The van der Waals surface area contributed by atoms with Crippen LogP contribution in [-0.2, 0) is 11.2 Å². The normalized spacial score (nSPS) is 16.8. The summed E-state index contributed by atoms with van der Waals surface area (Å²) in [5, 5.41) is 11.7. The van der Waals surface area contributed by atoms with E-state index in [2.05, 4.69) is 5.32 Å². The minimum absolute atomic E-state index is 0.103. The van der Waals surface area contributed by atoms with Gasteiger partial charge >= 0.3 is 0 Å². The molecule has 2 rings (SSSR count). The van der Waals surface area contributed by atoms with Crippen LogP contribution in [0.1, 0.15) is 18.1 Å². The highest BCUT2D eigenvalue weighted by molar-refractivity contribution is 8.18. The highest BCUT2D eigenvalue weighted by Crippen LogP contribution is 2.34. The number of phenolic OH excluding ortho intramolecular Hbond substituents is 1. The number of ether oxygens (including phenoxy) is 1. The summed E-state index contributed by atoms with van der Waals surface area (Å²) in [6.07, 6.45) is 2.24. The van der Waals surface area contributed by atoms with Crippen LogP contribution in [0, 0.1) is 0 Å². The van der Waals surface area contributed by atoms with E-state index in [1.165, 1.54) is 7.11 Å². The number of methoxy groups -OCH3 is 1. The summed E-state index contributed by atoms with van der Waals surface area (Å²) in [4.78, 5) is 22.9. The Morgan fingerprint density at radius 3 is 2.68 bits per heavy atom. The van der Waals surface area contributed by atoms with E-state index in [0.29, 0.717) is 22.6 Å². The number of hydrogen-bond donors (Lipinski definition) is 2. The second-order valence-electron chi connectivity index (χ2n) is 3.94. The zero-order chi connectivity index (χ0) is 14.0. The number of thioether (sulfide) groups is 1. The maximum Gasteiger partial charge on any atom is 0.290 e. The van der Waals surface area contributed by atoms with Gasteiger partial charge in [-0.3, -0.25) is 14.9 Å². The predicted octanol–water partition coefficient (Wildman–Crippen LogP) is 2.29. The molecule has 0 aliphatic carbocycles. The summed E-state index contributed by atoms with van der Waals surface area (Å²) in [5.41, 5.74) is 1.43. The van der Waals surface area contributed by atoms with Crippen molar-refractivity contribution in [1.82, 2.24) is 5.32 Å². The van der Waals surface area contributed by atoms with Gasteiger partial charge in [-0.25, -0.2) is 0 Å². The molecule has 2 amide bonds. The predicted molar refractivity (Wildman–Crippen MR) is 73.1 cm³/mol. The Labute approximate surface area is 114 Å². The molecular weight excluding hydrogens is 266 g/mol. The minimum Gasteiger partial charge on any atom is -0.504 e. The lowest BCUT2D eigenvalue weighted by Crippen LogP contribution is -2.17. The number of imide groups is 1. The molecule has 0 saturated carbocycles. The third-order valence-corrected chi connectivity index (χ3v) is 3.53. The molecule has 0 unspecified atom stereocenters. The standard InChI is InChI=1S/C13H13NO4S/c1-3-8-4-7(5-9(18-2)11(8)15)6-10-12(16)14-13(17)19-10/h4-6,15H,3H2,1-2H3,(H,14,16,17)/b10-6-. The van der Waals surface area contributed by atoms with Crippen molar-refractivity contribution in [2.24, 2.45) is 0 Å². The van der Waals surface area contributed by atoms with Crippen molar-refractivity contribution in [2.75, 3.05) is 7.11 Å². The molecule has 0 atom stereocenters. The number of nitrogens with one attached hydrogen (secondary N) is 1. The highest BCUT2D eigenvalue weighted by Gasteiger charge is 2.25. The lowest BCUT2D eigenvalue weighted by molar-refractivity contribution is -0.115. The number of amides is 2. The third-order valence-electron chi connectivity index (χ3n) is 2.72. The Bertz CT molecular complexity index is 555. The van der Waals surface area contributed by atoms with E-state index in [9.17, 15) is 14.7 Å². The first-order chi connectivity index (χ1) is 9.05. The number of carbonyl (C=O) groups excluding carboxylic acids is 2. The van der Waals surface area contributed by atoms with E-state index in [1.807, 2.05) is 6.92 Å². The fourth-order valence-electron chi connectivity index (χ4n) is 1.77. The number of rotatable bonds is 3. The summed E-state index contributed by atoms with van der Waals surface area (Å²) in [6, 6.07) is 3.39. The van der Waals surface area contributed by atoms with E-state index >= 15 is 0 Å². The molecule has 0 bridgehead atoms. The number of phenols is 1. The van der Waals surface area contributed by atoms with Gasteiger partial charge in [-0.1, -0.05) is 6.92 Å². The first kappa shape index (κ1) is 13.5. The molecule has 1 fully saturated rings. The van der Waals surface area contributed by atoms with Crippen molar-refractivity contribution in [1.29, 1.82) is 0 Å². The van der Waals surface area contributed by atoms with E-state index in [4.69, 9.17) is 4.74 Å². The van der Waals surface area contributed by atoms with Gasteiger partial charge in [0, 0.05) is 0 Å². The summed E-state index contributed by atoms with van der Waals surface area (Å²) in [6.45, 7) is 1.91. The fraction of sp³-hybridized carbons (Fsp3) is 0.231. The van der Waals surface area contributed by atoms with Crippen molar-refractivity contribution >= 4 is 29.0 Å². The van der Waals surface area contributed by atoms with Gasteiger partial charge in [0.2, 0.25) is 0 Å². The smallest absolute Gasteiger partial charge is 0.290 e. The molecular formula is C13H13NO4S. The van der Waals surface area contributed by atoms with Crippen LogP contribution in [0.15, 0.2) is 17.0 Å². The fourth-order valence-corrected chi connectivity index (χ4v) is 2.45. The van der Waals surface area contributed by atoms with Gasteiger partial charge in [-0.05, 0) is 47.5 Å². The number of carbonyl (C=O) groups is 2. The summed E-state index contributed by atoms with van der Waals surface area (Å²) in [7, 11) is 1.46. The van der Waals surface area contributed by atoms with Gasteiger partial charge in [0.15, 0.2) is 11.5 Å². The second-order valence-corrected chi connectivity index (χ2v) is 4.95. The summed E-state index contributed by atoms with van der Waals surface area (Å²) >= 11 is 0.858.